The van der Waals surface area contributed by atoms with E-state index in [9.17, 15) is 9.90 Å². The molecular weight excluding hydrogens is 254 g/mol. The highest BCUT2D eigenvalue weighted by molar-refractivity contribution is 5.75. The largest absolute Gasteiger partial charge is 0.469 e. The van der Waals surface area contributed by atoms with Crippen molar-refractivity contribution < 1.29 is 14.6 Å². The van der Waals surface area contributed by atoms with Gasteiger partial charge in [0, 0.05) is 6.04 Å². The highest BCUT2D eigenvalue weighted by Crippen LogP contribution is 2.53. The number of carbonyl (C=O) groups excluding carboxylic acids is 1. The number of aliphatic hydroxyl groups excluding tert-OH is 1. The lowest BCUT2D eigenvalue weighted by Gasteiger charge is -2.49. The minimum absolute atomic E-state index is 0.312. The van der Waals surface area contributed by atoms with E-state index in [1.807, 2.05) is 30.3 Å². The Bertz CT molecular complexity index is 504. The number of fused-ring (bicyclic) bond motifs is 2. The van der Waals surface area contributed by atoms with Crippen molar-refractivity contribution in [2.75, 3.05) is 14.2 Å². The number of piperidine rings is 1. The van der Waals surface area contributed by atoms with Crippen LogP contribution in [0.1, 0.15) is 24.8 Å². The minimum Gasteiger partial charge on any atom is -0.469 e. The molecule has 4 nitrogen and oxygen atoms in total. The molecule has 2 fully saturated rings. The molecule has 1 aromatic rings. The maximum absolute atomic E-state index is 12.3. The van der Waals surface area contributed by atoms with Gasteiger partial charge in [0.2, 0.25) is 0 Å². The molecule has 0 saturated carbocycles. The fourth-order valence-electron chi connectivity index (χ4n) is 4.20. The smallest absolute Gasteiger partial charge is 0.313 e. The van der Waals surface area contributed by atoms with Crippen molar-refractivity contribution in [3.8, 4) is 0 Å². The molecule has 0 aliphatic carbocycles. The van der Waals surface area contributed by atoms with Crippen LogP contribution in [-0.2, 0) is 15.1 Å². The molecule has 4 atom stereocenters. The second-order valence-corrected chi connectivity index (χ2v) is 5.90. The van der Waals surface area contributed by atoms with Gasteiger partial charge in [0.1, 0.15) is 5.92 Å². The van der Waals surface area contributed by atoms with E-state index in [-0.39, 0.29) is 5.97 Å². The van der Waals surface area contributed by atoms with Crippen LogP contribution in [0.2, 0.25) is 0 Å². The first-order valence-electron chi connectivity index (χ1n) is 7.15. The monoisotopic (exact) mass is 275 g/mol. The SMILES string of the molecule is COC(=O)C1C(O)CC2CCC1(c1ccccc1)N2C. The van der Waals surface area contributed by atoms with E-state index in [0.29, 0.717) is 12.5 Å². The van der Waals surface area contributed by atoms with Crippen molar-refractivity contribution in [3.05, 3.63) is 35.9 Å². The molecule has 108 valence electrons. The van der Waals surface area contributed by atoms with Gasteiger partial charge in [-0.15, -0.1) is 0 Å². The number of carbonyl (C=O) groups is 1. The molecule has 4 heteroatoms. The third-order valence-electron chi connectivity index (χ3n) is 5.18. The Labute approximate surface area is 119 Å². The number of hydrogen-bond donors (Lipinski definition) is 1. The summed E-state index contributed by atoms with van der Waals surface area (Å²) in [6.45, 7) is 0. The summed E-state index contributed by atoms with van der Waals surface area (Å²) in [7, 11) is 3.46. The summed E-state index contributed by atoms with van der Waals surface area (Å²) in [5.74, 6) is -0.827. The van der Waals surface area contributed by atoms with Crippen LogP contribution in [0.25, 0.3) is 0 Å². The molecule has 3 rings (SSSR count). The van der Waals surface area contributed by atoms with Crippen LogP contribution in [0.15, 0.2) is 30.3 Å². The van der Waals surface area contributed by atoms with Crippen molar-refractivity contribution in [2.45, 2.75) is 36.9 Å². The zero-order chi connectivity index (χ0) is 14.3. The van der Waals surface area contributed by atoms with Crippen molar-refractivity contribution in [1.29, 1.82) is 0 Å². The van der Waals surface area contributed by atoms with E-state index in [2.05, 4.69) is 11.9 Å². The quantitative estimate of drug-likeness (QED) is 0.832. The Kier molecular flexibility index (Phi) is 3.30. The standard InChI is InChI=1S/C16H21NO3/c1-17-12-8-9-16(17,11-6-4-3-5-7-11)14(13(18)10-12)15(19)20-2/h3-7,12-14,18H,8-10H2,1-2H3. The maximum Gasteiger partial charge on any atom is 0.313 e. The number of esters is 1. The molecule has 2 bridgehead atoms. The van der Waals surface area contributed by atoms with E-state index in [4.69, 9.17) is 4.74 Å². The number of ether oxygens (including phenoxy) is 1. The summed E-state index contributed by atoms with van der Waals surface area (Å²) in [6, 6.07) is 10.4. The van der Waals surface area contributed by atoms with Gasteiger partial charge < -0.3 is 9.84 Å². The van der Waals surface area contributed by atoms with Crippen LogP contribution in [0.4, 0.5) is 0 Å². The predicted octanol–water partition coefficient (Wildman–Crippen LogP) is 1.53. The van der Waals surface area contributed by atoms with Gasteiger partial charge in [0.15, 0.2) is 0 Å². The van der Waals surface area contributed by atoms with Crippen LogP contribution < -0.4 is 0 Å². The van der Waals surface area contributed by atoms with Gasteiger partial charge in [-0.2, -0.15) is 0 Å². The number of benzene rings is 1. The lowest BCUT2D eigenvalue weighted by Crippen LogP contribution is -2.59. The zero-order valence-corrected chi connectivity index (χ0v) is 12.0. The van der Waals surface area contributed by atoms with Gasteiger partial charge in [-0.3, -0.25) is 9.69 Å². The summed E-state index contributed by atoms with van der Waals surface area (Å²) in [5.41, 5.74) is 0.663. The Morgan fingerprint density at radius 1 is 1.40 bits per heavy atom. The molecule has 2 aliphatic heterocycles. The summed E-state index contributed by atoms with van der Waals surface area (Å²) < 4.78 is 4.98. The molecule has 1 N–H and O–H groups in total. The van der Waals surface area contributed by atoms with Crippen molar-refractivity contribution in [2.24, 2.45) is 5.92 Å². The first-order valence-corrected chi connectivity index (χ1v) is 7.15. The summed E-state index contributed by atoms with van der Waals surface area (Å²) >= 11 is 0. The third kappa shape index (κ3) is 1.71. The number of methoxy groups -OCH3 is 1. The molecule has 0 spiro atoms. The Hall–Kier alpha value is -1.39. The van der Waals surface area contributed by atoms with E-state index >= 15 is 0 Å². The first kappa shape index (κ1) is 13.6. The lowest BCUT2D eigenvalue weighted by atomic mass is 9.71. The van der Waals surface area contributed by atoms with E-state index in [0.717, 1.165) is 18.4 Å². The molecule has 1 aromatic carbocycles. The Morgan fingerprint density at radius 3 is 2.75 bits per heavy atom. The molecule has 0 aromatic heterocycles. The number of rotatable bonds is 2. The fourth-order valence-corrected chi connectivity index (χ4v) is 4.20. The van der Waals surface area contributed by atoms with Crippen LogP contribution in [0.3, 0.4) is 0 Å². The molecule has 0 radical (unpaired) electrons. The minimum atomic E-state index is -0.633. The van der Waals surface area contributed by atoms with Crippen molar-refractivity contribution in [3.63, 3.8) is 0 Å². The molecular formula is C16H21NO3. The molecule has 2 saturated heterocycles. The van der Waals surface area contributed by atoms with Gasteiger partial charge in [0.05, 0.1) is 18.8 Å². The molecule has 0 amide bonds. The van der Waals surface area contributed by atoms with Crippen LogP contribution >= 0.6 is 0 Å². The average Bonchev–Trinajstić information content (AvgIpc) is 2.70. The summed E-state index contributed by atoms with van der Waals surface area (Å²) in [4.78, 5) is 14.6. The predicted molar refractivity (Wildman–Crippen MR) is 75.0 cm³/mol. The Balaban J connectivity index is 2.13. The summed E-state index contributed by atoms with van der Waals surface area (Å²) in [5, 5.41) is 10.5. The van der Waals surface area contributed by atoms with Crippen molar-refractivity contribution >= 4 is 5.97 Å². The Morgan fingerprint density at radius 2 is 2.10 bits per heavy atom. The number of hydrogen-bond acceptors (Lipinski definition) is 4. The normalized spacial score (nSPS) is 36.9. The highest BCUT2D eigenvalue weighted by atomic mass is 16.5. The van der Waals surface area contributed by atoms with Gasteiger partial charge in [0.25, 0.3) is 0 Å². The number of aliphatic hydroxyl groups is 1. The van der Waals surface area contributed by atoms with Crippen LogP contribution in [-0.4, -0.2) is 42.3 Å². The highest BCUT2D eigenvalue weighted by Gasteiger charge is 2.59. The molecule has 4 unspecified atom stereocenters. The van der Waals surface area contributed by atoms with Gasteiger partial charge >= 0.3 is 5.97 Å². The molecule has 2 aliphatic rings. The fraction of sp³-hybridized carbons (Fsp3) is 0.562. The third-order valence-corrected chi connectivity index (χ3v) is 5.18. The number of nitrogens with zero attached hydrogens (tertiary/aromatic N) is 1. The van der Waals surface area contributed by atoms with Crippen molar-refractivity contribution in [1.82, 2.24) is 4.90 Å². The van der Waals surface area contributed by atoms with Gasteiger partial charge in [-0.05, 0) is 31.9 Å². The van der Waals surface area contributed by atoms with Crippen LogP contribution in [0, 0.1) is 5.92 Å². The second-order valence-electron chi connectivity index (χ2n) is 5.90. The second kappa shape index (κ2) is 4.86. The van der Waals surface area contributed by atoms with Gasteiger partial charge in [-0.1, -0.05) is 30.3 Å². The maximum atomic E-state index is 12.3. The summed E-state index contributed by atoms with van der Waals surface area (Å²) in [6.07, 6.45) is 1.90. The van der Waals surface area contributed by atoms with E-state index in [1.54, 1.807) is 0 Å². The van der Waals surface area contributed by atoms with Gasteiger partial charge in [-0.25, -0.2) is 0 Å². The van der Waals surface area contributed by atoms with Crippen LogP contribution in [0.5, 0.6) is 0 Å². The first-order chi connectivity index (χ1) is 9.61. The lowest BCUT2D eigenvalue weighted by molar-refractivity contribution is -0.164. The van der Waals surface area contributed by atoms with E-state index < -0.39 is 17.6 Å². The molecule has 2 heterocycles. The van der Waals surface area contributed by atoms with E-state index in [1.165, 1.54) is 7.11 Å². The zero-order valence-electron chi connectivity index (χ0n) is 12.0. The molecule has 20 heavy (non-hydrogen) atoms. The average molecular weight is 275 g/mol. The topological polar surface area (TPSA) is 49.8 Å².